The Hall–Kier alpha value is -0.540. The van der Waals surface area contributed by atoms with E-state index in [2.05, 4.69) is 46.4 Å². The van der Waals surface area contributed by atoms with Crippen molar-refractivity contribution in [3.63, 3.8) is 0 Å². The van der Waals surface area contributed by atoms with Crippen LogP contribution in [0.25, 0.3) is 0 Å². The maximum absolute atomic E-state index is 5.81. The zero-order chi connectivity index (χ0) is 14.7. The molecule has 1 fully saturated rings. The molecule has 0 aromatic heterocycles. The van der Waals surface area contributed by atoms with E-state index in [1.807, 2.05) is 0 Å². The molecule has 0 radical (unpaired) electrons. The van der Waals surface area contributed by atoms with Crippen molar-refractivity contribution in [2.24, 2.45) is 5.92 Å². The molecule has 2 aliphatic rings. The van der Waals surface area contributed by atoms with Gasteiger partial charge in [-0.1, -0.05) is 42.1 Å². The molecule has 1 heterocycles. The smallest absolute Gasteiger partial charge is 0.124 e. The molecule has 0 amide bonds. The van der Waals surface area contributed by atoms with Crippen LogP contribution < -0.4 is 10.1 Å². The summed E-state index contributed by atoms with van der Waals surface area (Å²) in [6, 6.07) is 7.48. The third-order valence-electron chi connectivity index (χ3n) is 5.09. The number of ether oxygens (including phenoxy) is 1. The van der Waals surface area contributed by atoms with E-state index >= 15 is 0 Å². The van der Waals surface area contributed by atoms with Crippen LogP contribution in [0.15, 0.2) is 22.7 Å². The fraction of sp³-hybridized carbons (Fsp3) is 0.667. The zero-order valence-electron chi connectivity index (χ0n) is 12.9. The van der Waals surface area contributed by atoms with Gasteiger partial charge in [-0.05, 0) is 43.4 Å². The molecule has 1 aliphatic heterocycles. The molecule has 0 saturated heterocycles. The van der Waals surface area contributed by atoms with Gasteiger partial charge in [0.15, 0.2) is 0 Å². The van der Waals surface area contributed by atoms with Crippen molar-refractivity contribution in [3.8, 4) is 5.75 Å². The van der Waals surface area contributed by atoms with Crippen molar-refractivity contribution in [3.05, 3.63) is 28.2 Å². The van der Waals surface area contributed by atoms with Crippen LogP contribution in [0.1, 0.15) is 63.5 Å². The van der Waals surface area contributed by atoms with Crippen molar-refractivity contribution in [2.75, 3.05) is 6.61 Å². The Morgan fingerprint density at radius 3 is 2.81 bits per heavy atom. The zero-order valence-corrected chi connectivity index (χ0v) is 14.5. The minimum atomic E-state index is 0.443. The van der Waals surface area contributed by atoms with Gasteiger partial charge >= 0.3 is 0 Å². The van der Waals surface area contributed by atoms with Gasteiger partial charge in [0.2, 0.25) is 0 Å². The maximum atomic E-state index is 5.81. The molecule has 1 aromatic carbocycles. The van der Waals surface area contributed by atoms with Crippen molar-refractivity contribution in [1.29, 1.82) is 0 Å². The summed E-state index contributed by atoms with van der Waals surface area (Å²) >= 11 is 3.59. The first-order valence-electron chi connectivity index (χ1n) is 8.46. The summed E-state index contributed by atoms with van der Waals surface area (Å²) in [5.41, 5.74) is 1.32. The predicted octanol–water partition coefficient (Wildman–Crippen LogP) is 5.22. The highest BCUT2D eigenvalue weighted by molar-refractivity contribution is 9.10. The largest absolute Gasteiger partial charge is 0.493 e. The summed E-state index contributed by atoms with van der Waals surface area (Å²) in [6.07, 6.45) is 9.37. The Kier molecular flexibility index (Phi) is 5.23. The highest BCUT2D eigenvalue weighted by Crippen LogP contribution is 2.36. The van der Waals surface area contributed by atoms with Gasteiger partial charge in [0.25, 0.3) is 0 Å². The Morgan fingerprint density at radius 1 is 1.24 bits per heavy atom. The van der Waals surface area contributed by atoms with Gasteiger partial charge < -0.3 is 10.1 Å². The fourth-order valence-electron chi connectivity index (χ4n) is 3.92. The van der Waals surface area contributed by atoms with Gasteiger partial charge in [-0.2, -0.15) is 0 Å². The van der Waals surface area contributed by atoms with Crippen LogP contribution >= 0.6 is 15.9 Å². The molecular weight excluding hydrogens is 326 g/mol. The van der Waals surface area contributed by atoms with Gasteiger partial charge in [-0.15, -0.1) is 0 Å². The van der Waals surface area contributed by atoms with Gasteiger partial charge in [0.05, 0.1) is 6.61 Å². The summed E-state index contributed by atoms with van der Waals surface area (Å²) in [5.74, 6) is 1.92. The van der Waals surface area contributed by atoms with Gasteiger partial charge in [-0.25, -0.2) is 0 Å². The lowest BCUT2D eigenvalue weighted by Gasteiger charge is -2.35. The normalized spacial score (nSPS) is 24.2. The van der Waals surface area contributed by atoms with Gasteiger partial charge in [0, 0.05) is 28.5 Å². The molecule has 2 atom stereocenters. The van der Waals surface area contributed by atoms with Gasteiger partial charge in [-0.3, -0.25) is 0 Å². The van der Waals surface area contributed by atoms with Crippen LogP contribution in [0.4, 0.5) is 0 Å². The highest BCUT2D eigenvalue weighted by Gasteiger charge is 2.28. The summed E-state index contributed by atoms with van der Waals surface area (Å²) in [5, 5.41) is 3.96. The predicted molar refractivity (Wildman–Crippen MR) is 90.8 cm³/mol. The minimum Gasteiger partial charge on any atom is -0.493 e. The van der Waals surface area contributed by atoms with Crippen molar-refractivity contribution < 1.29 is 4.74 Å². The van der Waals surface area contributed by atoms with E-state index in [9.17, 15) is 0 Å². The van der Waals surface area contributed by atoms with Crippen molar-refractivity contribution >= 4 is 15.9 Å². The number of nitrogens with one attached hydrogen (secondary N) is 1. The molecule has 1 N–H and O–H groups in total. The number of halogens is 1. The third-order valence-corrected chi connectivity index (χ3v) is 5.58. The Labute approximate surface area is 136 Å². The molecule has 3 heteroatoms. The molecule has 21 heavy (non-hydrogen) atoms. The number of benzene rings is 1. The fourth-order valence-corrected chi connectivity index (χ4v) is 4.30. The van der Waals surface area contributed by atoms with E-state index < -0.39 is 0 Å². The number of fused-ring (bicyclic) bond motifs is 1. The van der Waals surface area contributed by atoms with Gasteiger partial charge in [0.1, 0.15) is 5.75 Å². The maximum Gasteiger partial charge on any atom is 0.124 e. The van der Waals surface area contributed by atoms with E-state index in [1.54, 1.807) is 0 Å². The summed E-state index contributed by atoms with van der Waals surface area (Å²) < 4.78 is 6.95. The van der Waals surface area contributed by atoms with E-state index in [0.717, 1.165) is 29.2 Å². The summed E-state index contributed by atoms with van der Waals surface area (Å²) in [4.78, 5) is 0. The second-order valence-electron chi connectivity index (χ2n) is 6.45. The van der Waals surface area contributed by atoms with Crippen LogP contribution in [-0.2, 0) is 0 Å². The molecule has 1 aliphatic carbocycles. The number of rotatable bonds is 4. The topological polar surface area (TPSA) is 21.3 Å². The molecule has 116 valence electrons. The number of hydrogen-bond donors (Lipinski definition) is 1. The van der Waals surface area contributed by atoms with Crippen LogP contribution in [0.3, 0.4) is 0 Å². The molecule has 0 spiro atoms. The summed E-state index contributed by atoms with van der Waals surface area (Å²) in [6.45, 7) is 3.15. The molecule has 3 rings (SSSR count). The lowest BCUT2D eigenvalue weighted by Crippen LogP contribution is -2.40. The van der Waals surface area contributed by atoms with E-state index in [0.29, 0.717) is 12.1 Å². The highest BCUT2D eigenvalue weighted by atomic mass is 79.9. The standard InChI is InChI=1S/C18H26BrNO/c1-2-16(13-6-4-3-5-7-13)20-17-10-11-21-18-9-8-14(19)12-15(17)18/h8-9,12-13,16-17,20H,2-7,10-11H2,1H3. The van der Waals surface area contributed by atoms with Crippen molar-refractivity contribution in [2.45, 2.75) is 64.0 Å². The monoisotopic (exact) mass is 351 g/mol. The van der Waals surface area contributed by atoms with Crippen molar-refractivity contribution in [1.82, 2.24) is 5.32 Å². The second-order valence-corrected chi connectivity index (χ2v) is 7.37. The molecular formula is C18H26BrNO. The molecule has 2 unspecified atom stereocenters. The molecule has 1 saturated carbocycles. The lowest BCUT2D eigenvalue weighted by atomic mass is 9.82. The number of hydrogen-bond acceptors (Lipinski definition) is 2. The van der Waals surface area contributed by atoms with Crippen LogP contribution in [0.2, 0.25) is 0 Å². The van der Waals surface area contributed by atoms with E-state index in [-0.39, 0.29) is 0 Å². The van der Waals surface area contributed by atoms with Crippen LogP contribution in [0.5, 0.6) is 5.75 Å². The SMILES string of the molecule is CCC(NC1CCOc2ccc(Br)cc21)C1CCCCC1. The Morgan fingerprint density at radius 2 is 2.05 bits per heavy atom. The molecule has 2 nitrogen and oxygen atoms in total. The molecule has 0 bridgehead atoms. The Balaban J connectivity index is 1.73. The third kappa shape index (κ3) is 3.62. The summed E-state index contributed by atoms with van der Waals surface area (Å²) in [7, 11) is 0. The lowest BCUT2D eigenvalue weighted by molar-refractivity contribution is 0.206. The van der Waals surface area contributed by atoms with Crippen LogP contribution in [0, 0.1) is 5.92 Å². The second kappa shape index (κ2) is 7.15. The van der Waals surface area contributed by atoms with E-state index in [4.69, 9.17) is 4.74 Å². The first-order chi connectivity index (χ1) is 10.3. The average molecular weight is 352 g/mol. The Bertz CT molecular complexity index is 470. The molecule has 1 aromatic rings. The van der Waals surface area contributed by atoms with Crippen LogP contribution in [-0.4, -0.2) is 12.6 Å². The first kappa shape index (κ1) is 15.4. The van der Waals surface area contributed by atoms with E-state index in [1.165, 1.54) is 44.1 Å². The first-order valence-corrected chi connectivity index (χ1v) is 9.25. The minimum absolute atomic E-state index is 0.443. The quantitative estimate of drug-likeness (QED) is 0.802. The average Bonchev–Trinajstić information content (AvgIpc) is 2.53.